The zero-order valence-corrected chi connectivity index (χ0v) is 22.5. The average Bonchev–Trinajstić information content (AvgIpc) is 2.92. The van der Waals surface area contributed by atoms with Crippen molar-refractivity contribution in [2.75, 3.05) is 12.9 Å². The van der Waals surface area contributed by atoms with E-state index in [0.717, 1.165) is 23.3 Å². The summed E-state index contributed by atoms with van der Waals surface area (Å²) in [5.74, 6) is 0.739. The number of carbonyl (C=O) groups is 2. The molecular weight excluding hydrogens is 487 g/mol. The van der Waals surface area contributed by atoms with Gasteiger partial charge >= 0.3 is 0 Å². The van der Waals surface area contributed by atoms with Crippen LogP contribution in [0.3, 0.4) is 0 Å². The summed E-state index contributed by atoms with van der Waals surface area (Å²) in [6.07, 6.45) is 1.11. The van der Waals surface area contributed by atoms with Crippen molar-refractivity contribution in [1.29, 1.82) is 0 Å². The molecule has 1 N–H and O–H groups in total. The van der Waals surface area contributed by atoms with Crippen molar-refractivity contribution in [2.45, 2.75) is 51.1 Å². The van der Waals surface area contributed by atoms with Gasteiger partial charge in [-0.15, -0.1) is 11.8 Å². The van der Waals surface area contributed by atoms with Gasteiger partial charge in [0.05, 0.1) is 12.9 Å². The maximum atomic E-state index is 14.7. The number of carbonyl (C=O) groups excluding carboxylic acids is 2. The lowest BCUT2D eigenvalue weighted by Crippen LogP contribution is -2.52. The molecule has 0 saturated heterocycles. The molecule has 0 aromatic heterocycles. The van der Waals surface area contributed by atoms with Crippen LogP contribution in [-0.2, 0) is 28.3 Å². The average molecular weight is 523 g/mol. The number of halogens is 1. The molecule has 0 saturated carbocycles. The minimum Gasteiger partial charge on any atom is -0.497 e. The van der Waals surface area contributed by atoms with E-state index in [1.165, 1.54) is 22.7 Å². The van der Waals surface area contributed by atoms with Crippen LogP contribution in [0, 0.1) is 5.82 Å². The van der Waals surface area contributed by atoms with Crippen LogP contribution in [-0.4, -0.2) is 41.7 Å². The van der Waals surface area contributed by atoms with Crippen LogP contribution in [0.1, 0.15) is 37.0 Å². The first-order valence-corrected chi connectivity index (χ1v) is 13.6. The fourth-order valence-corrected chi connectivity index (χ4v) is 4.74. The number of hydrogen-bond acceptors (Lipinski definition) is 4. The SMILES string of the molecule is CC[C@H](C)NC(=O)[C@@H](Cc1ccccc1)N(Cc1ccccc1F)C(=O)CSCc1ccc(OC)cc1. The second kappa shape index (κ2) is 14.4. The normalized spacial score (nSPS) is 12.4. The first-order valence-electron chi connectivity index (χ1n) is 12.5. The molecule has 0 radical (unpaired) electrons. The molecule has 3 aromatic rings. The van der Waals surface area contributed by atoms with Gasteiger partial charge in [0.2, 0.25) is 11.8 Å². The second-order valence-electron chi connectivity index (χ2n) is 8.98. The smallest absolute Gasteiger partial charge is 0.243 e. The Hall–Kier alpha value is -3.32. The van der Waals surface area contributed by atoms with Crippen molar-refractivity contribution in [1.82, 2.24) is 10.2 Å². The standard InChI is InChI=1S/C30H35FN2O3S/c1-4-22(2)32-30(35)28(18-23-10-6-5-7-11-23)33(19-25-12-8-9-13-27(25)31)29(34)21-37-20-24-14-16-26(36-3)17-15-24/h5-17,22,28H,4,18-21H2,1-3H3,(H,32,35)/t22-,28+/m0/s1. The van der Waals surface area contributed by atoms with E-state index in [1.54, 1.807) is 25.3 Å². The highest BCUT2D eigenvalue weighted by atomic mass is 32.2. The molecule has 0 aliphatic heterocycles. The van der Waals surface area contributed by atoms with Crippen LogP contribution in [0.5, 0.6) is 5.75 Å². The van der Waals surface area contributed by atoms with Crippen LogP contribution >= 0.6 is 11.8 Å². The maximum Gasteiger partial charge on any atom is 0.243 e. The molecule has 5 nitrogen and oxygen atoms in total. The third-order valence-corrected chi connectivity index (χ3v) is 7.21. The number of thioether (sulfide) groups is 1. The third kappa shape index (κ3) is 8.64. The minimum absolute atomic E-state index is 0.0139. The van der Waals surface area contributed by atoms with Crippen LogP contribution in [0.25, 0.3) is 0 Å². The molecule has 7 heteroatoms. The quantitative estimate of drug-likeness (QED) is 0.317. The zero-order chi connectivity index (χ0) is 26.6. The topological polar surface area (TPSA) is 58.6 Å². The van der Waals surface area contributed by atoms with Gasteiger partial charge in [-0.1, -0.05) is 67.6 Å². The van der Waals surface area contributed by atoms with Crippen molar-refractivity contribution in [3.63, 3.8) is 0 Å². The van der Waals surface area contributed by atoms with Gasteiger partial charge in [0.25, 0.3) is 0 Å². The molecule has 0 unspecified atom stereocenters. The number of amides is 2. The highest BCUT2D eigenvalue weighted by molar-refractivity contribution is 7.99. The Kier molecular flexibility index (Phi) is 11.0. The molecular formula is C30H35FN2O3S. The van der Waals surface area contributed by atoms with Crippen molar-refractivity contribution in [2.24, 2.45) is 0 Å². The number of benzene rings is 3. The van der Waals surface area contributed by atoms with E-state index in [-0.39, 0.29) is 30.2 Å². The Balaban J connectivity index is 1.84. The summed E-state index contributed by atoms with van der Waals surface area (Å²) in [6, 6.07) is 22.9. The molecule has 2 amide bonds. The van der Waals surface area contributed by atoms with E-state index in [4.69, 9.17) is 4.74 Å². The van der Waals surface area contributed by atoms with Gasteiger partial charge in [0.1, 0.15) is 17.6 Å². The monoisotopic (exact) mass is 522 g/mol. The van der Waals surface area contributed by atoms with E-state index >= 15 is 0 Å². The van der Waals surface area contributed by atoms with Gasteiger partial charge in [-0.3, -0.25) is 9.59 Å². The van der Waals surface area contributed by atoms with Crippen molar-refractivity contribution < 1.29 is 18.7 Å². The lowest BCUT2D eigenvalue weighted by molar-refractivity contribution is -0.139. The van der Waals surface area contributed by atoms with Crippen molar-refractivity contribution in [3.05, 3.63) is 101 Å². The first kappa shape index (κ1) is 28.3. The van der Waals surface area contributed by atoms with Crippen LogP contribution in [0.15, 0.2) is 78.9 Å². The Morgan fingerprint density at radius 3 is 2.30 bits per heavy atom. The Morgan fingerprint density at radius 1 is 0.973 bits per heavy atom. The van der Waals surface area contributed by atoms with Crippen LogP contribution in [0.4, 0.5) is 4.39 Å². The molecule has 0 aliphatic rings. The molecule has 0 aliphatic carbocycles. The predicted molar refractivity (Wildman–Crippen MR) is 148 cm³/mol. The molecule has 0 bridgehead atoms. The van der Waals surface area contributed by atoms with Crippen molar-refractivity contribution >= 4 is 23.6 Å². The van der Waals surface area contributed by atoms with E-state index < -0.39 is 11.9 Å². The number of ether oxygens (including phenoxy) is 1. The third-order valence-electron chi connectivity index (χ3n) is 6.22. The maximum absolute atomic E-state index is 14.7. The minimum atomic E-state index is -0.773. The van der Waals surface area contributed by atoms with Gasteiger partial charge in [-0.2, -0.15) is 0 Å². The summed E-state index contributed by atoms with van der Waals surface area (Å²) in [5.41, 5.74) is 2.38. The van der Waals surface area contributed by atoms with Crippen LogP contribution < -0.4 is 10.1 Å². The molecule has 196 valence electrons. The summed E-state index contributed by atoms with van der Waals surface area (Å²) in [6.45, 7) is 3.94. The molecule has 0 heterocycles. The second-order valence-corrected chi connectivity index (χ2v) is 9.96. The van der Waals surface area contributed by atoms with Gasteiger partial charge in [-0.05, 0) is 42.7 Å². The molecule has 3 aromatic carbocycles. The van der Waals surface area contributed by atoms with E-state index in [9.17, 15) is 14.0 Å². The summed E-state index contributed by atoms with van der Waals surface area (Å²) >= 11 is 1.47. The molecule has 3 rings (SSSR count). The summed E-state index contributed by atoms with van der Waals surface area (Å²) < 4.78 is 19.9. The number of nitrogens with zero attached hydrogens (tertiary/aromatic N) is 1. The molecule has 37 heavy (non-hydrogen) atoms. The van der Waals surface area contributed by atoms with Gasteiger partial charge < -0.3 is 15.0 Å². The fourth-order valence-electron chi connectivity index (χ4n) is 3.87. The Bertz CT molecular complexity index is 1140. The van der Waals surface area contributed by atoms with Crippen molar-refractivity contribution in [3.8, 4) is 5.75 Å². The number of methoxy groups -OCH3 is 1. The summed E-state index contributed by atoms with van der Waals surface area (Å²) in [7, 11) is 1.62. The largest absolute Gasteiger partial charge is 0.497 e. The number of rotatable bonds is 13. The van der Waals surface area contributed by atoms with E-state index in [2.05, 4.69) is 5.32 Å². The Morgan fingerprint density at radius 2 is 1.65 bits per heavy atom. The van der Waals surface area contributed by atoms with Gasteiger partial charge in [-0.25, -0.2) is 4.39 Å². The summed E-state index contributed by atoms with van der Waals surface area (Å²) in [4.78, 5) is 28.6. The van der Waals surface area contributed by atoms with Crippen LogP contribution in [0.2, 0.25) is 0 Å². The number of nitrogens with one attached hydrogen (secondary N) is 1. The Labute approximate surface area is 223 Å². The molecule has 0 fully saturated rings. The highest BCUT2D eigenvalue weighted by Gasteiger charge is 2.31. The highest BCUT2D eigenvalue weighted by Crippen LogP contribution is 2.21. The van der Waals surface area contributed by atoms with E-state index in [1.807, 2.05) is 68.4 Å². The zero-order valence-electron chi connectivity index (χ0n) is 21.7. The molecule has 0 spiro atoms. The number of hydrogen-bond donors (Lipinski definition) is 1. The summed E-state index contributed by atoms with van der Waals surface area (Å²) in [5, 5.41) is 3.03. The molecule has 2 atom stereocenters. The fraction of sp³-hybridized carbons (Fsp3) is 0.333. The first-order chi connectivity index (χ1) is 17.9. The van der Waals surface area contributed by atoms with E-state index in [0.29, 0.717) is 17.7 Å². The lowest BCUT2D eigenvalue weighted by atomic mass is 10.0. The van der Waals surface area contributed by atoms with Gasteiger partial charge in [0.15, 0.2) is 0 Å². The lowest BCUT2D eigenvalue weighted by Gasteiger charge is -2.32. The predicted octanol–water partition coefficient (Wildman–Crippen LogP) is 5.62. The van der Waals surface area contributed by atoms with Gasteiger partial charge in [0, 0.05) is 30.3 Å².